The van der Waals surface area contributed by atoms with Crippen LogP contribution in [0.1, 0.15) is 45.4 Å². The summed E-state index contributed by atoms with van der Waals surface area (Å²) in [6.07, 6.45) is 6.53. The van der Waals surface area contributed by atoms with Crippen LogP contribution >= 0.6 is 0 Å². The summed E-state index contributed by atoms with van der Waals surface area (Å²) in [4.78, 5) is 14.2. The molecule has 0 spiro atoms. The van der Waals surface area contributed by atoms with Crippen molar-refractivity contribution in [1.82, 2.24) is 4.90 Å². The van der Waals surface area contributed by atoms with E-state index in [1.165, 1.54) is 12.8 Å². The van der Waals surface area contributed by atoms with Gasteiger partial charge >= 0.3 is 0 Å². The minimum atomic E-state index is -0.128. The Kier molecular flexibility index (Phi) is 3.62. The summed E-state index contributed by atoms with van der Waals surface area (Å²) in [6, 6.07) is 0.468. The van der Waals surface area contributed by atoms with E-state index in [4.69, 9.17) is 4.74 Å². The number of rotatable bonds is 2. The molecule has 3 nitrogen and oxygen atoms in total. The third-order valence-corrected chi connectivity index (χ3v) is 3.59. The molecule has 3 heteroatoms. The summed E-state index contributed by atoms with van der Waals surface area (Å²) in [5.74, 6) is 0.249. The van der Waals surface area contributed by atoms with Crippen LogP contribution in [0.2, 0.25) is 0 Å². The van der Waals surface area contributed by atoms with Crippen molar-refractivity contribution in [3.8, 4) is 0 Å². The molecule has 1 amide bonds. The standard InChI is InChI=1S/C12H21NO2/c1-2-10-6-3-4-8-13(10)12(14)11-7-5-9-15-11/h10-11H,2-9H2,1H3. The van der Waals surface area contributed by atoms with E-state index >= 15 is 0 Å². The number of carbonyl (C=O) groups excluding carboxylic acids is 1. The minimum absolute atomic E-state index is 0.128. The third-order valence-electron chi connectivity index (χ3n) is 3.59. The van der Waals surface area contributed by atoms with Crippen LogP contribution in [0.3, 0.4) is 0 Å². The lowest BCUT2D eigenvalue weighted by Crippen LogP contribution is -2.47. The number of nitrogens with zero attached hydrogens (tertiary/aromatic N) is 1. The van der Waals surface area contributed by atoms with Gasteiger partial charge in [0.25, 0.3) is 5.91 Å². The molecule has 0 aromatic heterocycles. The Balaban J connectivity index is 1.96. The van der Waals surface area contributed by atoms with Crippen molar-refractivity contribution < 1.29 is 9.53 Å². The van der Waals surface area contributed by atoms with Crippen molar-refractivity contribution in [1.29, 1.82) is 0 Å². The van der Waals surface area contributed by atoms with Gasteiger partial charge in [0.1, 0.15) is 6.10 Å². The second-order valence-electron chi connectivity index (χ2n) is 4.59. The molecule has 0 N–H and O–H groups in total. The number of hydrogen-bond donors (Lipinski definition) is 0. The monoisotopic (exact) mass is 211 g/mol. The lowest BCUT2D eigenvalue weighted by atomic mass is 9.99. The number of hydrogen-bond acceptors (Lipinski definition) is 2. The molecule has 0 aromatic rings. The van der Waals surface area contributed by atoms with Gasteiger partial charge in [0.2, 0.25) is 0 Å². The molecule has 2 aliphatic heterocycles. The van der Waals surface area contributed by atoms with Crippen molar-refractivity contribution in [2.45, 2.75) is 57.6 Å². The van der Waals surface area contributed by atoms with Gasteiger partial charge in [0.05, 0.1) is 0 Å². The second kappa shape index (κ2) is 4.97. The summed E-state index contributed by atoms with van der Waals surface area (Å²) in [5.41, 5.74) is 0. The van der Waals surface area contributed by atoms with Crippen LogP contribution in [0.25, 0.3) is 0 Å². The Hall–Kier alpha value is -0.570. The molecule has 86 valence electrons. The molecule has 2 unspecified atom stereocenters. The van der Waals surface area contributed by atoms with E-state index in [1.54, 1.807) is 0 Å². The van der Waals surface area contributed by atoms with Crippen molar-refractivity contribution in [3.05, 3.63) is 0 Å². The highest BCUT2D eigenvalue weighted by Gasteiger charge is 2.32. The van der Waals surface area contributed by atoms with Crippen LogP contribution in [0, 0.1) is 0 Å². The first-order valence-electron chi connectivity index (χ1n) is 6.25. The maximum absolute atomic E-state index is 12.2. The number of piperidine rings is 1. The Labute approximate surface area is 91.8 Å². The average Bonchev–Trinajstić information content (AvgIpc) is 2.81. The maximum Gasteiger partial charge on any atom is 0.251 e. The zero-order chi connectivity index (χ0) is 10.7. The molecule has 0 saturated carbocycles. The molecule has 15 heavy (non-hydrogen) atoms. The normalized spacial score (nSPS) is 31.9. The molecule has 2 aliphatic rings. The molecule has 0 radical (unpaired) electrons. The Morgan fingerprint density at radius 2 is 2.20 bits per heavy atom. The van der Waals surface area contributed by atoms with E-state index in [-0.39, 0.29) is 12.0 Å². The second-order valence-corrected chi connectivity index (χ2v) is 4.59. The number of amides is 1. The molecule has 2 rings (SSSR count). The van der Waals surface area contributed by atoms with Gasteiger partial charge in [-0.15, -0.1) is 0 Å². The Morgan fingerprint density at radius 3 is 2.87 bits per heavy atom. The minimum Gasteiger partial charge on any atom is -0.368 e. The smallest absolute Gasteiger partial charge is 0.251 e. The number of ether oxygens (including phenoxy) is 1. The van der Waals surface area contributed by atoms with Gasteiger partial charge in [-0.3, -0.25) is 4.79 Å². The first-order valence-corrected chi connectivity index (χ1v) is 6.25. The van der Waals surface area contributed by atoms with Gasteiger partial charge in [-0.1, -0.05) is 6.92 Å². The van der Waals surface area contributed by atoms with Crippen LogP contribution in [-0.2, 0) is 9.53 Å². The molecule has 2 saturated heterocycles. The fourth-order valence-corrected chi connectivity index (χ4v) is 2.67. The fourth-order valence-electron chi connectivity index (χ4n) is 2.67. The van der Waals surface area contributed by atoms with Gasteiger partial charge in [0.15, 0.2) is 0 Å². The zero-order valence-electron chi connectivity index (χ0n) is 9.58. The summed E-state index contributed by atoms with van der Waals surface area (Å²) < 4.78 is 5.47. The van der Waals surface area contributed by atoms with E-state index in [0.717, 1.165) is 38.8 Å². The molecule has 0 bridgehead atoms. The molecule has 0 aromatic carbocycles. The van der Waals surface area contributed by atoms with E-state index in [1.807, 2.05) is 0 Å². The highest BCUT2D eigenvalue weighted by atomic mass is 16.5. The van der Waals surface area contributed by atoms with Gasteiger partial charge in [0, 0.05) is 19.2 Å². The van der Waals surface area contributed by atoms with Crippen LogP contribution in [0.15, 0.2) is 0 Å². The van der Waals surface area contributed by atoms with Gasteiger partial charge in [-0.2, -0.15) is 0 Å². The summed E-state index contributed by atoms with van der Waals surface area (Å²) >= 11 is 0. The zero-order valence-corrected chi connectivity index (χ0v) is 9.58. The lowest BCUT2D eigenvalue weighted by molar-refractivity contribution is -0.144. The highest BCUT2D eigenvalue weighted by molar-refractivity contribution is 5.81. The lowest BCUT2D eigenvalue weighted by Gasteiger charge is -2.36. The maximum atomic E-state index is 12.2. The van der Waals surface area contributed by atoms with E-state index < -0.39 is 0 Å². The highest BCUT2D eigenvalue weighted by Crippen LogP contribution is 2.23. The van der Waals surface area contributed by atoms with Crippen LogP contribution in [0.4, 0.5) is 0 Å². The Morgan fingerprint density at radius 1 is 1.33 bits per heavy atom. The van der Waals surface area contributed by atoms with E-state index in [0.29, 0.717) is 6.04 Å². The number of likely N-dealkylation sites (tertiary alicyclic amines) is 1. The largest absolute Gasteiger partial charge is 0.368 e. The summed E-state index contributed by atoms with van der Waals surface area (Å²) in [6.45, 7) is 3.88. The first-order chi connectivity index (χ1) is 7.33. The van der Waals surface area contributed by atoms with Crippen molar-refractivity contribution >= 4 is 5.91 Å². The molecular formula is C12H21NO2. The average molecular weight is 211 g/mol. The molecule has 2 fully saturated rings. The van der Waals surface area contributed by atoms with Crippen LogP contribution in [-0.4, -0.2) is 36.1 Å². The summed E-state index contributed by atoms with van der Waals surface area (Å²) in [7, 11) is 0. The van der Waals surface area contributed by atoms with Crippen molar-refractivity contribution in [3.63, 3.8) is 0 Å². The first kappa shape index (κ1) is 10.9. The van der Waals surface area contributed by atoms with Crippen molar-refractivity contribution in [2.24, 2.45) is 0 Å². The van der Waals surface area contributed by atoms with Gasteiger partial charge in [-0.25, -0.2) is 0 Å². The SMILES string of the molecule is CCC1CCCCN1C(=O)C1CCCO1. The molecular weight excluding hydrogens is 190 g/mol. The van der Waals surface area contributed by atoms with Crippen LogP contribution in [0.5, 0.6) is 0 Å². The molecule has 2 atom stereocenters. The van der Waals surface area contributed by atoms with Crippen molar-refractivity contribution in [2.75, 3.05) is 13.2 Å². The summed E-state index contributed by atoms with van der Waals surface area (Å²) in [5, 5.41) is 0. The fraction of sp³-hybridized carbons (Fsp3) is 0.917. The molecule has 2 heterocycles. The predicted molar refractivity (Wildman–Crippen MR) is 58.6 cm³/mol. The van der Waals surface area contributed by atoms with Gasteiger partial charge < -0.3 is 9.64 Å². The quantitative estimate of drug-likeness (QED) is 0.698. The van der Waals surface area contributed by atoms with E-state index in [2.05, 4.69) is 11.8 Å². The van der Waals surface area contributed by atoms with E-state index in [9.17, 15) is 4.79 Å². The van der Waals surface area contributed by atoms with Gasteiger partial charge in [-0.05, 0) is 38.5 Å². The number of carbonyl (C=O) groups is 1. The molecule has 0 aliphatic carbocycles. The third kappa shape index (κ3) is 2.33. The Bertz CT molecular complexity index is 224. The predicted octanol–water partition coefficient (Wildman–Crippen LogP) is 1.96. The van der Waals surface area contributed by atoms with Crippen LogP contribution < -0.4 is 0 Å². The topological polar surface area (TPSA) is 29.5 Å².